The van der Waals surface area contributed by atoms with Crippen molar-refractivity contribution in [3.05, 3.63) is 70.8 Å². The van der Waals surface area contributed by atoms with E-state index in [0.717, 1.165) is 6.42 Å². The molecule has 1 atom stereocenters. The molecule has 100 valence electrons. The van der Waals surface area contributed by atoms with Gasteiger partial charge in [-0.05, 0) is 35.1 Å². The van der Waals surface area contributed by atoms with Gasteiger partial charge in [-0.25, -0.2) is 0 Å². The minimum absolute atomic E-state index is 0.474. The third kappa shape index (κ3) is 3.47. The van der Waals surface area contributed by atoms with E-state index in [-0.39, 0.29) is 0 Å². The SMILES string of the molecule is CCCc1ccc(C(C)c2ccc(CC)cc2)cc1. The van der Waals surface area contributed by atoms with E-state index in [2.05, 4.69) is 69.3 Å². The van der Waals surface area contributed by atoms with E-state index >= 15 is 0 Å². The lowest BCUT2D eigenvalue weighted by atomic mass is 9.91. The highest BCUT2D eigenvalue weighted by molar-refractivity contribution is 5.34. The number of aryl methyl sites for hydroxylation is 2. The van der Waals surface area contributed by atoms with E-state index in [9.17, 15) is 0 Å². The molecule has 0 saturated carbocycles. The van der Waals surface area contributed by atoms with Crippen molar-refractivity contribution in [3.63, 3.8) is 0 Å². The topological polar surface area (TPSA) is 0 Å². The van der Waals surface area contributed by atoms with Gasteiger partial charge < -0.3 is 0 Å². The molecule has 0 aromatic heterocycles. The highest BCUT2D eigenvalue weighted by atomic mass is 14.1. The molecule has 0 heteroatoms. The first-order valence-electron chi connectivity index (χ1n) is 7.42. The molecule has 0 amide bonds. The first-order chi connectivity index (χ1) is 9.24. The van der Waals surface area contributed by atoms with Gasteiger partial charge in [0.25, 0.3) is 0 Å². The quantitative estimate of drug-likeness (QED) is 0.672. The van der Waals surface area contributed by atoms with Crippen molar-refractivity contribution in [3.8, 4) is 0 Å². The lowest BCUT2D eigenvalue weighted by Gasteiger charge is -2.13. The van der Waals surface area contributed by atoms with Crippen molar-refractivity contribution in [2.75, 3.05) is 0 Å². The summed E-state index contributed by atoms with van der Waals surface area (Å²) in [5, 5.41) is 0. The van der Waals surface area contributed by atoms with E-state index in [0.29, 0.717) is 5.92 Å². The molecule has 0 heterocycles. The summed E-state index contributed by atoms with van der Waals surface area (Å²) >= 11 is 0. The van der Waals surface area contributed by atoms with Crippen molar-refractivity contribution < 1.29 is 0 Å². The van der Waals surface area contributed by atoms with Gasteiger partial charge in [-0.15, -0.1) is 0 Å². The van der Waals surface area contributed by atoms with E-state index in [4.69, 9.17) is 0 Å². The van der Waals surface area contributed by atoms with Crippen LogP contribution in [0.4, 0.5) is 0 Å². The third-order valence-electron chi connectivity index (χ3n) is 3.91. The lowest BCUT2D eigenvalue weighted by molar-refractivity contribution is 0.900. The van der Waals surface area contributed by atoms with Crippen LogP contribution >= 0.6 is 0 Å². The highest BCUT2D eigenvalue weighted by Crippen LogP contribution is 2.24. The molecular formula is C19H24. The van der Waals surface area contributed by atoms with Crippen LogP contribution in [0.2, 0.25) is 0 Å². The zero-order valence-corrected chi connectivity index (χ0v) is 12.3. The Hall–Kier alpha value is -1.56. The molecule has 0 radical (unpaired) electrons. The first kappa shape index (κ1) is 13.9. The van der Waals surface area contributed by atoms with Gasteiger partial charge in [0, 0.05) is 5.92 Å². The van der Waals surface area contributed by atoms with Gasteiger partial charge in [0.2, 0.25) is 0 Å². The Balaban J connectivity index is 2.15. The molecule has 0 spiro atoms. The maximum Gasteiger partial charge on any atom is 0.00610 e. The largest absolute Gasteiger partial charge is 0.0651 e. The molecule has 2 aromatic rings. The Morgan fingerprint density at radius 2 is 1.21 bits per heavy atom. The van der Waals surface area contributed by atoms with E-state index < -0.39 is 0 Å². The molecule has 1 unspecified atom stereocenters. The maximum absolute atomic E-state index is 2.29. The Labute approximate surface area is 117 Å². The van der Waals surface area contributed by atoms with Crippen LogP contribution in [0.3, 0.4) is 0 Å². The van der Waals surface area contributed by atoms with E-state index in [1.165, 1.54) is 35.1 Å². The second kappa shape index (κ2) is 6.56. The van der Waals surface area contributed by atoms with Crippen LogP contribution in [0.25, 0.3) is 0 Å². The molecule has 0 aliphatic heterocycles. The molecule has 0 fully saturated rings. The standard InChI is InChI=1S/C19H24/c1-4-6-17-9-13-19(14-10-17)15(3)18-11-7-16(5-2)8-12-18/h7-15H,4-6H2,1-3H3. The number of hydrogen-bond donors (Lipinski definition) is 0. The fraction of sp³-hybridized carbons (Fsp3) is 0.368. The molecule has 0 N–H and O–H groups in total. The Bertz CT molecular complexity index is 491. The summed E-state index contributed by atoms with van der Waals surface area (Å²) < 4.78 is 0. The van der Waals surface area contributed by atoms with Crippen LogP contribution in [0, 0.1) is 0 Å². The van der Waals surface area contributed by atoms with Gasteiger partial charge in [-0.3, -0.25) is 0 Å². The smallest absolute Gasteiger partial charge is 0.00610 e. The fourth-order valence-electron chi connectivity index (χ4n) is 2.50. The molecule has 0 aliphatic rings. The number of rotatable bonds is 5. The zero-order chi connectivity index (χ0) is 13.7. The van der Waals surface area contributed by atoms with Gasteiger partial charge in [0.1, 0.15) is 0 Å². The number of hydrogen-bond acceptors (Lipinski definition) is 0. The maximum atomic E-state index is 2.29. The summed E-state index contributed by atoms with van der Waals surface area (Å²) in [5.74, 6) is 0.474. The minimum Gasteiger partial charge on any atom is -0.0651 e. The van der Waals surface area contributed by atoms with Crippen LogP contribution in [-0.2, 0) is 12.8 Å². The normalized spacial score (nSPS) is 12.4. The summed E-state index contributed by atoms with van der Waals surface area (Å²) in [7, 11) is 0. The van der Waals surface area contributed by atoms with Crippen molar-refractivity contribution >= 4 is 0 Å². The number of benzene rings is 2. The van der Waals surface area contributed by atoms with Crippen LogP contribution in [0.15, 0.2) is 48.5 Å². The van der Waals surface area contributed by atoms with Crippen molar-refractivity contribution in [1.29, 1.82) is 0 Å². The molecule has 2 rings (SSSR count). The van der Waals surface area contributed by atoms with Gasteiger partial charge >= 0.3 is 0 Å². The summed E-state index contributed by atoms with van der Waals surface area (Å²) in [4.78, 5) is 0. The third-order valence-corrected chi connectivity index (χ3v) is 3.91. The molecule has 2 aromatic carbocycles. The average molecular weight is 252 g/mol. The molecular weight excluding hydrogens is 228 g/mol. The lowest BCUT2D eigenvalue weighted by Crippen LogP contribution is -1.97. The van der Waals surface area contributed by atoms with Crippen LogP contribution in [0.1, 0.15) is 55.4 Å². The summed E-state index contributed by atoms with van der Waals surface area (Å²) in [5.41, 5.74) is 5.67. The first-order valence-corrected chi connectivity index (χ1v) is 7.42. The van der Waals surface area contributed by atoms with Gasteiger partial charge in [-0.2, -0.15) is 0 Å². The van der Waals surface area contributed by atoms with Gasteiger partial charge in [0.15, 0.2) is 0 Å². The molecule has 19 heavy (non-hydrogen) atoms. The Kier molecular flexibility index (Phi) is 4.79. The Morgan fingerprint density at radius 1 is 0.737 bits per heavy atom. The molecule has 0 nitrogen and oxygen atoms in total. The second-order valence-electron chi connectivity index (χ2n) is 5.31. The predicted octanol–water partition coefficient (Wildman–Crippen LogP) is 5.35. The summed E-state index contributed by atoms with van der Waals surface area (Å²) in [6.07, 6.45) is 3.51. The van der Waals surface area contributed by atoms with Crippen molar-refractivity contribution in [2.24, 2.45) is 0 Å². The van der Waals surface area contributed by atoms with Crippen molar-refractivity contribution in [2.45, 2.75) is 46.0 Å². The average Bonchev–Trinajstić information content (AvgIpc) is 2.48. The highest BCUT2D eigenvalue weighted by Gasteiger charge is 2.08. The fourth-order valence-corrected chi connectivity index (χ4v) is 2.50. The monoisotopic (exact) mass is 252 g/mol. The predicted molar refractivity (Wildman–Crippen MR) is 83.8 cm³/mol. The Morgan fingerprint density at radius 3 is 1.63 bits per heavy atom. The van der Waals surface area contributed by atoms with E-state index in [1.807, 2.05) is 0 Å². The van der Waals surface area contributed by atoms with Crippen LogP contribution < -0.4 is 0 Å². The molecule has 0 bridgehead atoms. The minimum atomic E-state index is 0.474. The summed E-state index contributed by atoms with van der Waals surface area (Å²) in [6.45, 7) is 6.71. The zero-order valence-electron chi connectivity index (χ0n) is 12.3. The van der Waals surface area contributed by atoms with Gasteiger partial charge in [0.05, 0.1) is 0 Å². The van der Waals surface area contributed by atoms with E-state index in [1.54, 1.807) is 0 Å². The molecule has 0 aliphatic carbocycles. The van der Waals surface area contributed by atoms with Crippen LogP contribution in [-0.4, -0.2) is 0 Å². The summed E-state index contributed by atoms with van der Waals surface area (Å²) in [6, 6.07) is 18.1. The van der Waals surface area contributed by atoms with Crippen molar-refractivity contribution in [1.82, 2.24) is 0 Å². The second-order valence-corrected chi connectivity index (χ2v) is 5.31. The van der Waals surface area contributed by atoms with Gasteiger partial charge in [-0.1, -0.05) is 75.7 Å². The molecule has 0 saturated heterocycles. The van der Waals surface area contributed by atoms with Crippen LogP contribution in [0.5, 0.6) is 0 Å².